The molecule has 0 radical (unpaired) electrons. The average molecular weight is 408 g/mol. The van der Waals surface area contributed by atoms with Gasteiger partial charge in [-0.1, -0.05) is 13.8 Å². The van der Waals surface area contributed by atoms with E-state index in [1.165, 1.54) is 0 Å². The third-order valence-electron chi connectivity index (χ3n) is 4.64. The summed E-state index contributed by atoms with van der Waals surface area (Å²) in [6.45, 7) is 12.5. The van der Waals surface area contributed by atoms with Crippen LogP contribution < -0.4 is 11.1 Å². The van der Waals surface area contributed by atoms with Crippen molar-refractivity contribution in [3.05, 3.63) is 17.2 Å². The Kier molecular flexibility index (Phi) is 6.92. The Morgan fingerprint density at radius 3 is 2.45 bits per heavy atom. The van der Waals surface area contributed by atoms with Crippen LogP contribution in [0.3, 0.4) is 0 Å². The van der Waals surface area contributed by atoms with Crippen molar-refractivity contribution in [2.24, 2.45) is 11.7 Å². The van der Waals surface area contributed by atoms with Gasteiger partial charge in [0, 0.05) is 13.1 Å². The molecule has 0 spiro atoms. The number of hydrogen-bond acceptors (Lipinski definition) is 5. The highest BCUT2D eigenvalue weighted by Crippen LogP contribution is 2.21. The first-order valence-electron chi connectivity index (χ1n) is 10.0. The van der Waals surface area contributed by atoms with E-state index in [0.717, 1.165) is 6.42 Å². The predicted octanol–water partition coefficient (Wildman–Crippen LogP) is 1.96. The number of carbonyl (C=O) groups excluding carboxylic acids is 3. The first-order chi connectivity index (χ1) is 13.4. The van der Waals surface area contributed by atoms with E-state index in [1.807, 2.05) is 46.1 Å². The van der Waals surface area contributed by atoms with Gasteiger partial charge in [-0.2, -0.15) is 0 Å². The van der Waals surface area contributed by atoms with Gasteiger partial charge in [-0.3, -0.25) is 9.59 Å². The SMILES string of the molecule is Cc1nc(C(=O)N[C@@H](CC(C)C)C(N)=O)c2n1CCCN(C(=O)OC(C)(C)C)C2. The normalized spacial score (nSPS) is 15.5. The lowest BCUT2D eigenvalue weighted by Gasteiger charge is -2.26. The lowest BCUT2D eigenvalue weighted by atomic mass is 10.0. The molecule has 0 saturated carbocycles. The topological polar surface area (TPSA) is 120 Å². The highest BCUT2D eigenvalue weighted by Gasteiger charge is 2.30. The second-order valence-electron chi connectivity index (χ2n) is 8.92. The largest absolute Gasteiger partial charge is 0.444 e. The number of amides is 3. The fourth-order valence-electron chi connectivity index (χ4n) is 3.35. The zero-order valence-electron chi connectivity index (χ0n) is 18.2. The van der Waals surface area contributed by atoms with Crippen LogP contribution in [-0.4, -0.2) is 50.5 Å². The zero-order chi connectivity index (χ0) is 21.9. The second-order valence-corrected chi connectivity index (χ2v) is 8.92. The fourth-order valence-corrected chi connectivity index (χ4v) is 3.35. The molecular weight excluding hydrogens is 374 g/mol. The molecule has 162 valence electrons. The lowest BCUT2D eigenvalue weighted by Crippen LogP contribution is -2.45. The van der Waals surface area contributed by atoms with E-state index >= 15 is 0 Å². The van der Waals surface area contributed by atoms with Crippen molar-refractivity contribution in [1.82, 2.24) is 19.8 Å². The van der Waals surface area contributed by atoms with Crippen molar-refractivity contribution in [3.8, 4) is 0 Å². The van der Waals surface area contributed by atoms with Crippen molar-refractivity contribution in [2.45, 2.75) is 79.1 Å². The molecule has 3 N–H and O–H groups in total. The van der Waals surface area contributed by atoms with E-state index < -0.39 is 29.6 Å². The quantitative estimate of drug-likeness (QED) is 0.773. The summed E-state index contributed by atoms with van der Waals surface area (Å²) in [5.41, 5.74) is 5.70. The Morgan fingerprint density at radius 1 is 1.24 bits per heavy atom. The van der Waals surface area contributed by atoms with Gasteiger partial charge >= 0.3 is 6.09 Å². The number of ether oxygens (including phenoxy) is 1. The summed E-state index contributed by atoms with van der Waals surface area (Å²) in [6.07, 6.45) is 0.744. The molecule has 1 atom stereocenters. The third kappa shape index (κ3) is 5.95. The molecule has 0 saturated heterocycles. The molecule has 3 amide bonds. The van der Waals surface area contributed by atoms with Crippen LogP contribution in [0.1, 0.15) is 69.5 Å². The molecule has 2 rings (SSSR count). The molecule has 1 aromatic rings. The monoisotopic (exact) mass is 407 g/mol. The van der Waals surface area contributed by atoms with Crippen molar-refractivity contribution in [1.29, 1.82) is 0 Å². The van der Waals surface area contributed by atoms with Crippen LogP contribution in [-0.2, 0) is 22.6 Å². The zero-order valence-corrected chi connectivity index (χ0v) is 18.2. The molecule has 0 unspecified atom stereocenters. The van der Waals surface area contributed by atoms with E-state index in [9.17, 15) is 14.4 Å². The van der Waals surface area contributed by atoms with Gasteiger partial charge in [-0.15, -0.1) is 0 Å². The maximum absolute atomic E-state index is 12.9. The molecule has 2 heterocycles. The number of fused-ring (bicyclic) bond motifs is 1. The molecule has 1 aliphatic rings. The van der Waals surface area contributed by atoms with Gasteiger partial charge in [0.1, 0.15) is 17.5 Å². The van der Waals surface area contributed by atoms with Gasteiger partial charge in [0.05, 0.1) is 12.2 Å². The van der Waals surface area contributed by atoms with E-state index in [2.05, 4.69) is 10.3 Å². The number of carbonyl (C=O) groups is 3. The van der Waals surface area contributed by atoms with Crippen molar-refractivity contribution < 1.29 is 19.1 Å². The van der Waals surface area contributed by atoms with Gasteiger partial charge in [-0.05, 0) is 46.5 Å². The Morgan fingerprint density at radius 2 is 1.90 bits per heavy atom. The summed E-state index contributed by atoms with van der Waals surface area (Å²) in [5, 5.41) is 2.71. The number of nitrogens with two attached hydrogens (primary N) is 1. The Labute approximate surface area is 172 Å². The number of hydrogen-bond donors (Lipinski definition) is 2. The summed E-state index contributed by atoms with van der Waals surface area (Å²) in [6, 6.07) is -0.770. The number of aromatic nitrogens is 2. The van der Waals surface area contributed by atoms with Gasteiger partial charge in [0.2, 0.25) is 5.91 Å². The maximum atomic E-state index is 12.9. The molecule has 0 bridgehead atoms. The first kappa shape index (κ1) is 22.7. The van der Waals surface area contributed by atoms with Crippen LogP contribution >= 0.6 is 0 Å². The standard InChI is InChI=1S/C20H33N5O4/c1-12(2)10-14(17(21)26)23-18(27)16-15-11-24(19(28)29-20(4,5)6)8-7-9-25(15)13(3)22-16/h12,14H,7-11H2,1-6H3,(H2,21,26)(H,23,27)/t14-/m0/s1. The van der Waals surface area contributed by atoms with Crippen LogP contribution in [0.4, 0.5) is 4.79 Å². The van der Waals surface area contributed by atoms with Crippen molar-refractivity contribution >= 4 is 17.9 Å². The van der Waals surface area contributed by atoms with Gasteiger partial charge in [-0.25, -0.2) is 9.78 Å². The molecule has 9 nitrogen and oxygen atoms in total. The Bertz CT molecular complexity index is 779. The lowest BCUT2D eigenvalue weighted by molar-refractivity contribution is -0.120. The first-order valence-corrected chi connectivity index (χ1v) is 10.0. The van der Waals surface area contributed by atoms with E-state index in [0.29, 0.717) is 31.0 Å². The van der Waals surface area contributed by atoms with Crippen LogP contribution in [0.15, 0.2) is 0 Å². The van der Waals surface area contributed by atoms with Crippen molar-refractivity contribution in [2.75, 3.05) is 6.54 Å². The number of primary amides is 1. The highest BCUT2D eigenvalue weighted by atomic mass is 16.6. The number of nitrogens with zero attached hydrogens (tertiary/aromatic N) is 3. The number of imidazole rings is 1. The van der Waals surface area contributed by atoms with E-state index in [-0.39, 0.29) is 18.2 Å². The minimum absolute atomic E-state index is 0.191. The predicted molar refractivity (Wildman–Crippen MR) is 108 cm³/mol. The summed E-state index contributed by atoms with van der Waals surface area (Å²) in [4.78, 5) is 43.2. The molecular formula is C20H33N5O4. The summed E-state index contributed by atoms with van der Waals surface area (Å²) in [7, 11) is 0. The maximum Gasteiger partial charge on any atom is 0.410 e. The minimum atomic E-state index is -0.770. The fraction of sp³-hybridized carbons (Fsp3) is 0.700. The molecule has 1 aromatic heterocycles. The average Bonchev–Trinajstić information content (AvgIpc) is 2.76. The smallest absolute Gasteiger partial charge is 0.410 e. The minimum Gasteiger partial charge on any atom is -0.444 e. The number of nitrogens with one attached hydrogen (secondary N) is 1. The van der Waals surface area contributed by atoms with Crippen LogP contribution in [0.5, 0.6) is 0 Å². The van der Waals surface area contributed by atoms with Crippen LogP contribution in [0.2, 0.25) is 0 Å². The third-order valence-corrected chi connectivity index (χ3v) is 4.64. The summed E-state index contributed by atoms with van der Waals surface area (Å²) < 4.78 is 7.44. The van der Waals surface area contributed by atoms with Gasteiger partial charge < -0.3 is 25.3 Å². The summed E-state index contributed by atoms with van der Waals surface area (Å²) in [5.74, 6) is -0.159. The van der Waals surface area contributed by atoms with Crippen LogP contribution in [0, 0.1) is 12.8 Å². The molecule has 0 fully saturated rings. The van der Waals surface area contributed by atoms with E-state index in [1.54, 1.807) is 4.90 Å². The molecule has 9 heteroatoms. The van der Waals surface area contributed by atoms with E-state index in [4.69, 9.17) is 10.5 Å². The van der Waals surface area contributed by atoms with Gasteiger partial charge in [0.15, 0.2) is 5.69 Å². The molecule has 0 aliphatic carbocycles. The Balaban J connectivity index is 2.27. The highest BCUT2D eigenvalue weighted by molar-refractivity contribution is 5.97. The van der Waals surface area contributed by atoms with Crippen molar-refractivity contribution in [3.63, 3.8) is 0 Å². The Hall–Kier alpha value is -2.58. The molecule has 1 aliphatic heterocycles. The number of rotatable bonds is 5. The van der Waals surface area contributed by atoms with Gasteiger partial charge in [0.25, 0.3) is 5.91 Å². The molecule has 29 heavy (non-hydrogen) atoms. The summed E-state index contributed by atoms with van der Waals surface area (Å²) >= 11 is 0. The number of aryl methyl sites for hydroxylation is 1. The van der Waals surface area contributed by atoms with Crippen LogP contribution in [0.25, 0.3) is 0 Å². The molecule has 0 aromatic carbocycles. The second kappa shape index (κ2) is 8.84.